The van der Waals surface area contributed by atoms with Gasteiger partial charge in [-0.2, -0.15) is 0 Å². The number of ether oxygens (including phenoxy) is 2. The van der Waals surface area contributed by atoms with Crippen molar-refractivity contribution in [2.24, 2.45) is 0 Å². The van der Waals surface area contributed by atoms with Gasteiger partial charge in [0.1, 0.15) is 24.0 Å². The number of rotatable bonds is 7. The normalized spacial score (nSPS) is 11.8. The molecule has 1 N–H and O–H groups in total. The van der Waals surface area contributed by atoms with Crippen molar-refractivity contribution in [1.82, 2.24) is 5.32 Å². The summed E-state index contributed by atoms with van der Waals surface area (Å²) in [7, 11) is 0. The van der Waals surface area contributed by atoms with Crippen LogP contribution in [0, 0.1) is 6.92 Å². The average Bonchev–Trinajstić information content (AvgIpc) is 2.85. The highest BCUT2D eigenvalue weighted by Crippen LogP contribution is 2.31. The van der Waals surface area contributed by atoms with Crippen molar-refractivity contribution in [2.75, 3.05) is 0 Å². The molecular formula is C27H25NO6. The summed E-state index contributed by atoms with van der Waals surface area (Å²) in [6.45, 7) is 3.72. The number of carbonyl (C=O) groups is 2. The summed E-state index contributed by atoms with van der Waals surface area (Å²) in [6.07, 6.45) is 0.328. The van der Waals surface area contributed by atoms with Crippen molar-refractivity contribution < 1.29 is 23.5 Å². The van der Waals surface area contributed by atoms with Gasteiger partial charge in [0.05, 0.1) is 5.39 Å². The van der Waals surface area contributed by atoms with E-state index in [0.29, 0.717) is 29.4 Å². The fourth-order valence-corrected chi connectivity index (χ4v) is 3.80. The van der Waals surface area contributed by atoms with E-state index in [0.717, 1.165) is 16.3 Å². The Morgan fingerprint density at radius 2 is 1.65 bits per heavy atom. The number of hydrogen-bond acceptors (Lipinski definition) is 6. The van der Waals surface area contributed by atoms with E-state index in [1.165, 1.54) is 0 Å². The predicted molar refractivity (Wildman–Crippen MR) is 129 cm³/mol. The molecule has 0 aliphatic rings. The number of carbonyl (C=O) groups excluding carboxylic acids is 2. The van der Waals surface area contributed by atoms with Gasteiger partial charge in [0.15, 0.2) is 0 Å². The molecule has 0 saturated carbocycles. The number of nitrogens with one attached hydrogen (secondary N) is 1. The maximum Gasteiger partial charge on any atom is 0.408 e. The van der Waals surface area contributed by atoms with Crippen LogP contribution in [0.2, 0.25) is 0 Å². The van der Waals surface area contributed by atoms with E-state index in [9.17, 15) is 14.4 Å². The molecule has 7 nitrogen and oxygen atoms in total. The second-order valence-corrected chi connectivity index (χ2v) is 7.97. The van der Waals surface area contributed by atoms with Gasteiger partial charge in [-0.1, -0.05) is 61.9 Å². The molecule has 4 aromatic rings. The topological polar surface area (TPSA) is 94.8 Å². The summed E-state index contributed by atoms with van der Waals surface area (Å²) in [5.74, 6) is -0.361. The van der Waals surface area contributed by atoms with Gasteiger partial charge in [0.2, 0.25) is 0 Å². The first-order valence-electron chi connectivity index (χ1n) is 11.1. The molecule has 0 bridgehead atoms. The molecule has 0 unspecified atom stereocenters. The van der Waals surface area contributed by atoms with Crippen LogP contribution < -0.4 is 15.7 Å². The van der Waals surface area contributed by atoms with Crippen LogP contribution in [0.5, 0.6) is 5.75 Å². The van der Waals surface area contributed by atoms with Crippen LogP contribution in [-0.4, -0.2) is 18.1 Å². The minimum Gasteiger partial charge on any atom is -0.445 e. The standard InChI is InChI=1S/C27H25NO6/c1-3-9-22(28-27(31)32-16-18-10-5-4-6-11-18)26(30)33-23-15-14-20-19-12-7-8-13-21(19)25(29)34-24(20)17(23)2/h4-8,10-15,22H,3,9,16H2,1-2H3,(H,28,31)/t22-/m1/s1. The summed E-state index contributed by atoms with van der Waals surface area (Å²) in [6, 6.07) is 19.0. The van der Waals surface area contributed by atoms with E-state index in [-0.39, 0.29) is 12.4 Å². The summed E-state index contributed by atoms with van der Waals surface area (Å²) >= 11 is 0. The highest BCUT2D eigenvalue weighted by molar-refractivity contribution is 6.05. The number of hydrogen-bond donors (Lipinski definition) is 1. The Kier molecular flexibility index (Phi) is 6.92. The molecule has 1 amide bonds. The van der Waals surface area contributed by atoms with Crippen LogP contribution in [-0.2, 0) is 16.1 Å². The van der Waals surface area contributed by atoms with Crippen LogP contribution in [0.3, 0.4) is 0 Å². The lowest BCUT2D eigenvalue weighted by Crippen LogP contribution is -2.43. The Morgan fingerprint density at radius 3 is 2.38 bits per heavy atom. The molecule has 1 aromatic heterocycles. The number of benzene rings is 3. The molecule has 0 fully saturated rings. The largest absolute Gasteiger partial charge is 0.445 e. The SMILES string of the molecule is CCC[C@@H](NC(=O)OCc1ccccc1)C(=O)Oc1ccc2c(oc(=O)c3ccccc32)c1C. The third kappa shape index (κ3) is 4.93. The minimum absolute atomic E-state index is 0.0946. The average molecular weight is 459 g/mol. The van der Waals surface area contributed by atoms with Crippen molar-refractivity contribution in [3.05, 3.63) is 88.3 Å². The summed E-state index contributed by atoms with van der Waals surface area (Å²) < 4.78 is 16.4. The Balaban J connectivity index is 1.51. The molecule has 3 aromatic carbocycles. The quantitative estimate of drug-likeness (QED) is 0.175. The lowest BCUT2D eigenvalue weighted by molar-refractivity contribution is -0.136. The highest BCUT2D eigenvalue weighted by atomic mass is 16.6. The molecule has 0 spiro atoms. The van der Waals surface area contributed by atoms with Gasteiger partial charge in [-0.3, -0.25) is 0 Å². The molecule has 1 heterocycles. The summed E-state index contributed by atoms with van der Waals surface area (Å²) in [4.78, 5) is 37.6. The van der Waals surface area contributed by atoms with Crippen LogP contribution in [0.15, 0.2) is 75.9 Å². The maximum atomic E-state index is 12.9. The summed E-state index contributed by atoms with van der Waals surface area (Å²) in [5, 5.41) is 4.59. The Labute approximate surface area is 196 Å². The van der Waals surface area contributed by atoms with Crippen LogP contribution in [0.1, 0.15) is 30.9 Å². The number of amides is 1. The number of fused-ring (bicyclic) bond motifs is 3. The third-order valence-corrected chi connectivity index (χ3v) is 5.57. The number of esters is 1. The zero-order valence-electron chi connectivity index (χ0n) is 19.0. The first-order valence-corrected chi connectivity index (χ1v) is 11.1. The zero-order valence-corrected chi connectivity index (χ0v) is 19.0. The third-order valence-electron chi connectivity index (χ3n) is 5.57. The van der Waals surface area contributed by atoms with Gasteiger partial charge in [0, 0.05) is 10.9 Å². The number of aryl methyl sites for hydroxylation is 1. The van der Waals surface area contributed by atoms with Gasteiger partial charge in [-0.25, -0.2) is 14.4 Å². The fourth-order valence-electron chi connectivity index (χ4n) is 3.80. The Hall–Kier alpha value is -4.13. The molecule has 7 heteroatoms. The van der Waals surface area contributed by atoms with Crippen LogP contribution in [0.25, 0.3) is 21.7 Å². The minimum atomic E-state index is -0.882. The van der Waals surface area contributed by atoms with Crippen LogP contribution in [0.4, 0.5) is 4.79 Å². The Morgan fingerprint density at radius 1 is 0.941 bits per heavy atom. The highest BCUT2D eigenvalue weighted by Gasteiger charge is 2.24. The second-order valence-electron chi connectivity index (χ2n) is 7.97. The zero-order chi connectivity index (χ0) is 24.1. The van der Waals surface area contributed by atoms with Crippen molar-refractivity contribution in [3.63, 3.8) is 0 Å². The van der Waals surface area contributed by atoms with E-state index < -0.39 is 23.7 Å². The van der Waals surface area contributed by atoms with Gasteiger partial charge in [-0.05, 0) is 42.5 Å². The van der Waals surface area contributed by atoms with Gasteiger partial charge >= 0.3 is 17.7 Å². The molecule has 0 aliphatic heterocycles. The van der Waals surface area contributed by atoms with Crippen molar-refractivity contribution in [1.29, 1.82) is 0 Å². The molecule has 0 radical (unpaired) electrons. The van der Waals surface area contributed by atoms with Crippen LogP contribution >= 0.6 is 0 Å². The Bertz CT molecular complexity index is 1390. The molecular weight excluding hydrogens is 434 g/mol. The first kappa shape index (κ1) is 23.0. The maximum absolute atomic E-state index is 12.9. The monoisotopic (exact) mass is 459 g/mol. The van der Waals surface area contributed by atoms with Crippen molar-refractivity contribution in [3.8, 4) is 5.75 Å². The lowest BCUT2D eigenvalue weighted by atomic mass is 10.0. The van der Waals surface area contributed by atoms with Crippen molar-refractivity contribution >= 4 is 33.8 Å². The van der Waals surface area contributed by atoms with E-state index in [1.54, 1.807) is 31.2 Å². The molecule has 34 heavy (non-hydrogen) atoms. The fraction of sp³-hybridized carbons (Fsp3) is 0.222. The smallest absolute Gasteiger partial charge is 0.408 e. The van der Waals surface area contributed by atoms with E-state index in [4.69, 9.17) is 13.9 Å². The first-order chi connectivity index (χ1) is 16.5. The molecule has 1 atom stereocenters. The molecule has 4 rings (SSSR count). The van der Waals surface area contributed by atoms with Gasteiger partial charge < -0.3 is 19.2 Å². The predicted octanol–water partition coefficient (Wildman–Crippen LogP) is 5.26. The molecule has 0 saturated heterocycles. The summed E-state index contributed by atoms with van der Waals surface area (Å²) in [5.41, 5.74) is 1.27. The van der Waals surface area contributed by atoms with E-state index in [1.807, 2.05) is 49.4 Å². The van der Waals surface area contributed by atoms with Gasteiger partial charge in [0.25, 0.3) is 0 Å². The molecule has 0 aliphatic carbocycles. The number of alkyl carbamates (subject to hydrolysis) is 1. The van der Waals surface area contributed by atoms with Crippen molar-refractivity contribution in [2.45, 2.75) is 39.3 Å². The lowest BCUT2D eigenvalue weighted by Gasteiger charge is -2.18. The van der Waals surface area contributed by atoms with E-state index >= 15 is 0 Å². The molecule has 174 valence electrons. The van der Waals surface area contributed by atoms with E-state index in [2.05, 4.69) is 5.32 Å². The van der Waals surface area contributed by atoms with Gasteiger partial charge in [-0.15, -0.1) is 0 Å². The second kappa shape index (κ2) is 10.2.